The first-order valence-corrected chi connectivity index (χ1v) is 7.02. The molecule has 4 heteroatoms. The Morgan fingerprint density at radius 1 is 1.39 bits per heavy atom. The van der Waals surface area contributed by atoms with Crippen molar-refractivity contribution in [1.82, 2.24) is 4.98 Å². The Balaban J connectivity index is 2.07. The minimum absolute atomic E-state index is 0.435. The van der Waals surface area contributed by atoms with Crippen LogP contribution in [0.15, 0.2) is 47.6 Å². The molecule has 0 aliphatic carbocycles. The molecular weight excluding hydrogens is 266 g/mol. The van der Waals surface area contributed by atoms with Crippen molar-refractivity contribution in [3.63, 3.8) is 0 Å². The van der Waals surface area contributed by atoms with Crippen molar-refractivity contribution in [3.05, 3.63) is 58.9 Å². The van der Waals surface area contributed by atoms with Crippen LogP contribution in [-0.2, 0) is 5.75 Å². The Morgan fingerprint density at radius 3 is 2.94 bits per heavy atom. The van der Waals surface area contributed by atoms with Crippen LogP contribution in [0.2, 0.25) is 5.02 Å². The Bertz CT molecular complexity index is 531. The fraction of sp³-hybridized carbons (Fsp3) is 0.214. The molecule has 1 unspecified atom stereocenters. The first kappa shape index (κ1) is 13.4. The lowest BCUT2D eigenvalue weighted by molar-refractivity contribution is 0.199. The largest absolute Gasteiger partial charge is 0.389 e. The van der Waals surface area contributed by atoms with Gasteiger partial charge in [-0.05, 0) is 36.2 Å². The van der Waals surface area contributed by atoms with Gasteiger partial charge in [-0.1, -0.05) is 23.7 Å². The van der Waals surface area contributed by atoms with E-state index in [1.54, 1.807) is 31.1 Å². The maximum Gasteiger partial charge on any atom is 0.0762 e. The fourth-order valence-electron chi connectivity index (χ4n) is 1.55. The SMILES string of the molecule is CC(O)c1cccc(SCc2ccncc2Cl)c1. The number of hydrogen-bond acceptors (Lipinski definition) is 3. The van der Waals surface area contributed by atoms with Crippen molar-refractivity contribution in [3.8, 4) is 0 Å². The first-order valence-electron chi connectivity index (χ1n) is 5.66. The highest BCUT2D eigenvalue weighted by molar-refractivity contribution is 7.98. The van der Waals surface area contributed by atoms with Crippen molar-refractivity contribution >= 4 is 23.4 Å². The van der Waals surface area contributed by atoms with Crippen molar-refractivity contribution in [2.75, 3.05) is 0 Å². The Hall–Kier alpha value is -1.03. The van der Waals surface area contributed by atoms with Gasteiger partial charge in [-0.25, -0.2) is 0 Å². The summed E-state index contributed by atoms with van der Waals surface area (Å²) in [6, 6.07) is 9.84. The van der Waals surface area contributed by atoms with Crippen LogP contribution in [0.3, 0.4) is 0 Å². The van der Waals surface area contributed by atoms with Gasteiger partial charge in [0.2, 0.25) is 0 Å². The predicted octanol–water partition coefficient (Wildman–Crippen LogP) is 4.08. The monoisotopic (exact) mass is 279 g/mol. The van der Waals surface area contributed by atoms with Crippen LogP contribution < -0.4 is 0 Å². The van der Waals surface area contributed by atoms with E-state index in [2.05, 4.69) is 4.98 Å². The van der Waals surface area contributed by atoms with Gasteiger partial charge in [0.1, 0.15) is 0 Å². The third-order valence-corrected chi connectivity index (χ3v) is 3.97. The van der Waals surface area contributed by atoms with Crippen LogP contribution in [-0.4, -0.2) is 10.1 Å². The average molecular weight is 280 g/mol. The summed E-state index contributed by atoms with van der Waals surface area (Å²) < 4.78 is 0. The molecule has 0 bridgehead atoms. The first-order chi connectivity index (χ1) is 8.66. The number of benzene rings is 1. The van der Waals surface area contributed by atoms with Crippen LogP contribution in [0.4, 0.5) is 0 Å². The minimum Gasteiger partial charge on any atom is -0.389 e. The molecular formula is C14H14ClNOS. The Kier molecular flexibility index (Phi) is 4.64. The lowest BCUT2D eigenvalue weighted by Crippen LogP contribution is -1.90. The smallest absolute Gasteiger partial charge is 0.0762 e. The maximum atomic E-state index is 9.54. The second-order valence-corrected chi connectivity index (χ2v) is 5.46. The lowest BCUT2D eigenvalue weighted by Gasteiger charge is -2.08. The molecule has 0 saturated carbocycles. The van der Waals surface area contributed by atoms with Crippen LogP contribution in [0, 0.1) is 0 Å². The number of aliphatic hydroxyl groups excluding tert-OH is 1. The van der Waals surface area contributed by atoms with E-state index < -0.39 is 6.10 Å². The zero-order chi connectivity index (χ0) is 13.0. The third kappa shape index (κ3) is 3.48. The van der Waals surface area contributed by atoms with Gasteiger partial charge in [-0.3, -0.25) is 4.98 Å². The highest BCUT2D eigenvalue weighted by Gasteiger charge is 2.04. The van der Waals surface area contributed by atoms with E-state index in [1.165, 1.54) is 0 Å². The third-order valence-electron chi connectivity index (χ3n) is 2.59. The van der Waals surface area contributed by atoms with Gasteiger partial charge in [-0.2, -0.15) is 0 Å². The molecule has 0 aliphatic heterocycles. The standard InChI is InChI=1S/C14H14ClNOS/c1-10(17)11-3-2-4-13(7-11)18-9-12-5-6-16-8-14(12)15/h2-8,10,17H,9H2,1H3. The van der Waals surface area contributed by atoms with E-state index in [1.807, 2.05) is 30.3 Å². The summed E-state index contributed by atoms with van der Waals surface area (Å²) >= 11 is 7.75. The molecule has 0 radical (unpaired) electrons. The normalized spacial score (nSPS) is 12.4. The highest BCUT2D eigenvalue weighted by Crippen LogP contribution is 2.27. The molecule has 2 aromatic rings. The van der Waals surface area contributed by atoms with Crippen LogP contribution in [0.25, 0.3) is 0 Å². The van der Waals surface area contributed by atoms with Gasteiger partial charge in [0.05, 0.1) is 11.1 Å². The number of thioether (sulfide) groups is 1. The molecule has 18 heavy (non-hydrogen) atoms. The van der Waals surface area contributed by atoms with Crippen LogP contribution in [0.5, 0.6) is 0 Å². The summed E-state index contributed by atoms with van der Waals surface area (Å²) in [5.74, 6) is 0.796. The van der Waals surface area contributed by atoms with E-state index in [4.69, 9.17) is 11.6 Å². The summed E-state index contributed by atoms with van der Waals surface area (Å²) in [5, 5.41) is 10.2. The molecule has 1 aromatic carbocycles. The highest BCUT2D eigenvalue weighted by atomic mass is 35.5. The Labute approximate surface area is 116 Å². The van der Waals surface area contributed by atoms with Gasteiger partial charge < -0.3 is 5.11 Å². The quantitative estimate of drug-likeness (QED) is 0.856. The number of nitrogens with zero attached hydrogens (tertiary/aromatic N) is 1. The van der Waals surface area contributed by atoms with E-state index in [-0.39, 0.29) is 0 Å². The van der Waals surface area contributed by atoms with Gasteiger partial charge in [-0.15, -0.1) is 11.8 Å². The number of aliphatic hydroxyl groups is 1. The molecule has 0 aliphatic rings. The van der Waals surface area contributed by atoms with Gasteiger partial charge in [0, 0.05) is 23.0 Å². The molecule has 1 atom stereocenters. The molecule has 0 saturated heterocycles. The second kappa shape index (κ2) is 6.23. The van der Waals surface area contributed by atoms with Crippen molar-refractivity contribution in [2.24, 2.45) is 0 Å². The van der Waals surface area contributed by atoms with Crippen molar-refractivity contribution < 1.29 is 5.11 Å². The predicted molar refractivity (Wildman–Crippen MR) is 75.9 cm³/mol. The van der Waals surface area contributed by atoms with Crippen molar-refractivity contribution in [1.29, 1.82) is 0 Å². The van der Waals surface area contributed by atoms with E-state index in [0.29, 0.717) is 5.02 Å². The lowest BCUT2D eigenvalue weighted by atomic mass is 10.1. The number of pyridine rings is 1. The van der Waals surface area contributed by atoms with E-state index >= 15 is 0 Å². The average Bonchev–Trinajstić information content (AvgIpc) is 2.38. The zero-order valence-electron chi connectivity index (χ0n) is 10.0. The number of hydrogen-bond donors (Lipinski definition) is 1. The van der Waals surface area contributed by atoms with Gasteiger partial charge in [0.25, 0.3) is 0 Å². The molecule has 2 nitrogen and oxygen atoms in total. The molecule has 1 heterocycles. The number of halogens is 1. The van der Waals surface area contributed by atoms with Crippen LogP contribution >= 0.6 is 23.4 Å². The molecule has 0 spiro atoms. The topological polar surface area (TPSA) is 33.1 Å². The summed E-state index contributed by atoms with van der Waals surface area (Å²) in [6.07, 6.45) is 2.97. The summed E-state index contributed by atoms with van der Waals surface area (Å²) in [5.41, 5.74) is 2.00. The van der Waals surface area contributed by atoms with E-state index in [9.17, 15) is 5.11 Å². The van der Waals surface area contributed by atoms with Gasteiger partial charge >= 0.3 is 0 Å². The molecule has 2 rings (SSSR count). The summed E-state index contributed by atoms with van der Waals surface area (Å²) in [7, 11) is 0. The molecule has 94 valence electrons. The molecule has 1 aromatic heterocycles. The fourth-order valence-corrected chi connectivity index (χ4v) is 2.78. The zero-order valence-corrected chi connectivity index (χ0v) is 11.6. The van der Waals surface area contributed by atoms with Crippen LogP contribution in [0.1, 0.15) is 24.2 Å². The molecule has 0 fully saturated rings. The summed E-state index contributed by atoms with van der Waals surface area (Å²) in [4.78, 5) is 5.09. The minimum atomic E-state index is -0.435. The number of rotatable bonds is 4. The molecule has 1 N–H and O–H groups in total. The Morgan fingerprint density at radius 2 is 2.22 bits per heavy atom. The molecule has 0 amide bonds. The second-order valence-electron chi connectivity index (χ2n) is 4.00. The summed E-state index contributed by atoms with van der Waals surface area (Å²) in [6.45, 7) is 1.77. The maximum absolute atomic E-state index is 9.54. The van der Waals surface area contributed by atoms with Gasteiger partial charge in [0.15, 0.2) is 0 Å². The van der Waals surface area contributed by atoms with E-state index in [0.717, 1.165) is 21.8 Å². The number of aromatic nitrogens is 1. The van der Waals surface area contributed by atoms with Crippen molar-refractivity contribution in [2.45, 2.75) is 23.7 Å².